The molecule has 1 fully saturated rings. The Morgan fingerprint density at radius 2 is 2.05 bits per heavy atom. The molecule has 0 bridgehead atoms. The van der Waals surface area contributed by atoms with E-state index in [1.54, 1.807) is 0 Å². The van der Waals surface area contributed by atoms with E-state index in [-0.39, 0.29) is 5.91 Å². The van der Waals surface area contributed by atoms with Crippen LogP contribution in [0.1, 0.15) is 21.8 Å². The van der Waals surface area contributed by atoms with Crippen LogP contribution in [0.2, 0.25) is 0 Å². The Morgan fingerprint density at radius 1 is 1.27 bits per heavy atom. The van der Waals surface area contributed by atoms with Crippen molar-refractivity contribution in [2.75, 3.05) is 26.2 Å². The maximum Gasteiger partial charge on any atom is 0.253 e. The first-order chi connectivity index (χ1) is 10.6. The second-order valence-corrected chi connectivity index (χ2v) is 6.42. The number of nitrogens with zero attached hydrogens (tertiary/aromatic N) is 3. The van der Waals surface area contributed by atoms with Crippen LogP contribution >= 0.6 is 15.9 Å². The van der Waals surface area contributed by atoms with Crippen molar-refractivity contribution in [3.8, 4) is 0 Å². The third kappa shape index (κ3) is 3.56. The lowest BCUT2D eigenvalue weighted by Crippen LogP contribution is -2.48. The highest BCUT2D eigenvalue weighted by atomic mass is 79.9. The molecule has 0 atom stereocenters. The molecule has 3 rings (SSSR count). The summed E-state index contributed by atoms with van der Waals surface area (Å²) >= 11 is 3.41. The number of halogens is 1. The molecule has 1 aromatic carbocycles. The summed E-state index contributed by atoms with van der Waals surface area (Å²) in [6.07, 6.45) is 0. The van der Waals surface area contributed by atoms with Crippen LogP contribution in [-0.2, 0) is 6.54 Å². The molecule has 5 nitrogen and oxygen atoms in total. The van der Waals surface area contributed by atoms with Gasteiger partial charge in [0, 0.05) is 48.8 Å². The minimum absolute atomic E-state index is 0.0956. The molecule has 0 unspecified atom stereocenters. The molecule has 22 heavy (non-hydrogen) atoms. The number of rotatable bonds is 3. The largest absolute Gasteiger partial charge is 0.361 e. The smallest absolute Gasteiger partial charge is 0.253 e. The third-order valence-electron chi connectivity index (χ3n) is 3.79. The van der Waals surface area contributed by atoms with Gasteiger partial charge < -0.3 is 9.42 Å². The van der Waals surface area contributed by atoms with Crippen LogP contribution < -0.4 is 0 Å². The van der Waals surface area contributed by atoms with Gasteiger partial charge in [-0.2, -0.15) is 0 Å². The topological polar surface area (TPSA) is 49.6 Å². The fraction of sp³-hybridized carbons (Fsp3) is 0.375. The first-order valence-corrected chi connectivity index (χ1v) is 8.10. The predicted octanol–water partition coefficient (Wildman–Crippen LogP) is 2.70. The number of hydrogen-bond acceptors (Lipinski definition) is 4. The van der Waals surface area contributed by atoms with Crippen molar-refractivity contribution < 1.29 is 9.32 Å². The highest BCUT2D eigenvalue weighted by Crippen LogP contribution is 2.15. The minimum atomic E-state index is 0.0956. The van der Waals surface area contributed by atoms with Crippen LogP contribution in [0, 0.1) is 6.92 Å². The number of aryl methyl sites for hydroxylation is 1. The highest BCUT2D eigenvalue weighted by molar-refractivity contribution is 9.10. The zero-order valence-electron chi connectivity index (χ0n) is 12.5. The summed E-state index contributed by atoms with van der Waals surface area (Å²) in [7, 11) is 0. The minimum Gasteiger partial charge on any atom is -0.361 e. The Labute approximate surface area is 138 Å². The molecule has 6 heteroatoms. The first-order valence-electron chi connectivity index (χ1n) is 7.31. The number of benzene rings is 1. The summed E-state index contributed by atoms with van der Waals surface area (Å²) in [6, 6.07) is 9.50. The Morgan fingerprint density at radius 3 is 2.68 bits per heavy atom. The van der Waals surface area contributed by atoms with Crippen LogP contribution in [0.15, 0.2) is 39.3 Å². The van der Waals surface area contributed by atoms with Gasteiger partial charge in [0.05, 0.1) is 5.69 Å². The molecule has 1 aromatic heterocycles. The van der Waals surface area contributed by atoms with E-state index in [9.17, 15) is 4.79 Å². The zero-order chi connectivity index (χ0) is 15.5. The highest BCUT2D eigenvalue weighted by Gasteiger charge is 2.22. The van der Waals surface area contributed by atoms with Crippen molar-refractivity contribution in [1.82, 2.24) is 15.0 Å². The molecule has 1 saturated heterocycles. The standard InChI is InChI=1S/C16H18BrN3O2/c1-12-9-15(18-22-12)11-19-5-7-20(8-6-19)16(21)13-3-2-4-14(17)10-13/h2-4,9-10H,5-8,11H2,1H3. The van der Waals surface area contributed by atoms with Gasteiger partial charge in [-0.1, -0.05) is 27.2 Å². The van der Waals surface area contributed by atoms with Crippen molar-refractivity contribution >= 4 is 21.8 Å². The zero-order valence-corrected chi connectivity index (χ0v) is 14.0. The Bertz CT molecular complexity index is 663. The van der Waals surface area contributed by atoms with Gasteiger partial charge >= 0.3 is 0 Å². The predicted molar refractivity (Wildman–Crippen MR) is 86.6 cm³/mol. The van der Waals surface area contributed by atoms with Crippen molar-refractivity contribution in [3.63, 3.8) is 0 Å². The van der Waals surface area contributed by atoms with Gasteiger partial charge in [-0.05, 0) is 25.1 Å². The Hall–Kier alpha value is -1.66. The summed E-state index contributed by atoms with van der Waals surface area (Å²) in [4.78, 5) is 16.7. The lowest BCUT2D eigenvalue weighted by Gasteiger charge is -2.34. The monoisotopic (exact) mass is 363 g/mol. The molecule has 2 aromatic rings. The number of hydrogen-bond donors (Lipinski definition) is 0. The number of piperazine rings is 1. The van der Waals surface area contributed by atoms with Gasteiger partial charge in [0.1, 0.15) is 5.76 Å². The van der Waals surface area contributed by atoms with E-state index in [2.05, 4.69) is 26.0 Å². The van der Waals surface area contributed by atoms with Crippen LogP contribution in [0.4, 0.5) is 0 Å². The number of carbonyl (C=O) groups excluding carboxylic acids is 1. The van der Waals surface area contributed by atoms with Crippen molar-refractivity contribution in [1.29, 1.82) is 0 Å². The Balaban J connectivity index is 1.56. The Kier molecular flexibility index (Phi) is 4.59. The van der Waals surface area contributed by atoms with Crippen molar-refractivity contribution in [3.05, 3.63) is 51.8 Å². The van der Waals surface area contributed by atoms with E-state index in [4.69, 9.17) is 4.52 Å². The second-order valence-electron chi connectivity index (χ2n) is 5.51. The summed E-state index contributed by atoms with van der Waals surface area (Å²) in [5.74, 6) is 0.927. The number of carbonyl (C=O) groups is 1. The maximum absolute atomic E-state index is 12.5. The van der Waals surface area contributed by atoms with Gasteiger partial charge in [0.2, 0.25) is 0 Å². The van der Waals surface area contributed by atoms with Crippen molar-refractivity contribution in [2.24, 2.45) is 0 Å². The SMILES string of the molecule is Cc1cc(CN2CCN(C(=O)c3cccc(Br)c3)CC2)no1. The van der Waals surface area contributed by atoms with E-state index in [1.807, 2.05) is 42.2 Å². The molecule has 0 spiro atoms. The van der Waals surface area contributed by atoms with E-state index in [0.717, 1.165) is 54.2 Å². The molecule has 1 amide bonds. The van der Waals surface area contributed by atoms with Gasteiger partial charge in [-0.15, -0.1) is 0 Å². The summed E-state index contributed by atoms with van der Waals surface area (Å²) in [5.41, 5.74) is 1.68. The fourth-order valence-electron chi connectivity index (χ4n) is 2.63. The van der Waals surface area contributed by atoms with Gasteiger partial charge in [0.25, 0.3) is 5.91 Å². The molecule has 0 radical (unpaired) electrons. The molecular weight excluding hydrogens is 346 g/mol. The third-order valence-corrected chi connectivity index (χ3v) is 4.29. The average molecular weight is 364 g/mol. The second kappa shape index (κ2) is 6.62. The lowest BCUT2D eigenvalue weighted by molar-refractivity contribution is 0.0625. The number of amides is 1. The van der Waals surface area contributed by atoms with Gasteiger partial charge in [-0.3, -0.25) is 9.69 Å². The molecule has 0 aliphatic carbocycles. The molecule has 0 saturated carbocycles. The quantitative estimate of drug-likeness (QED) is 0.841. The lowest BCUT2D eigenvalue weighted by atomic mass is 10.2. The molecule has 1 aliphatic heterocycles. The first kappa shape index (κ1) is 15.2. The van der Waals surface area contributed by atoms with E-state index >= 15 is 0 Å². The molecule has 1 aliphatic rings. The van der Waals surface area contributed by atoms with E-state index in [0.29, 0.717) is 0 Å². The van der Waals surface area contributed by atoms with Crippen LogP contribution in [0.5, 0.6) is 0 Å². The van der Waals surface area contributed by atoms with E-state index < -0.39 is 0 Å². The van der Waals surface area contributed by atoms with Crippen LogP contribution in [0.3, 0.4) is 0 Å². The number of aromatic nitrogens is 1. The van der Waals surface area contributed by atoms with Crippen LogP contribution in [0.25, 0.3) is 0 Å². The molecule has 2 heterocycles. The molecule has 0 N–H and O–H groups in total. The maximum atomic E-state index is 12.5. The molecule has 116 valence electrons. The molecular formula is C16H18BrN3O2. The average Bonchev–Trinajstić information content (AvgIpc) is 2.92. The van der Waals surface area contributed by atoms with Gasteiger partial charge in [-0.25, -0.2) is 0 Å². The van der Waals surface area contributed by atoms with Crippen molar-refractivity contribution in [2.45, 2.75) is 13.5 Å². The van der Waals surface area contributed by atoms with E-state index in [1.165, 1.54) is 0 Å². The summed E-state index contributed by atoms with van der Waals surface area (Å²) in [6.45, 7) is 5.85. The normalized spacial score (nSPS) is 16.0. The fourth-order valence-corrected chi connectivity index (χ4v) is 3.03. The van der Waals surface area contributed by atoms with Crippen LogP contribution in [-0.4, -0.2) is 47.0 Å². The summed E-state index contributed by atoms with van der Waals surface area (Å²) in [5, 5.41) is 4.02. The summed E-state index contributed by atoms with van der Waals surface area (Å²) < 4.78 is 6.02. The van der Waals surface area contributed by atoms with Gasteiger partial charge in [0.15, 0.2) is 0 Å².